The second-order valence-electron chi connectivity index (χ2n) is 6.67. The largest absolute Gasteiger partial charge is 0.321 e. The predicted octanol–water partition coefficient (Wildman–Crippen LogP) is 3.75. The van der Waals surface area contributed by atoms with Crippen molar-refractivity contribution >= 4 is 33.0 Å². The molecule has 0 spiro atoms. The molecule has 2 N–H and O–H groups in total. The number of nitrogens with one attached hydrogen (secondary N) is 2. The van der Waals surface area contributed by atoms with Crippen molar-refractivity contribution in [1.82, 2.24) is 9.71 Å². The van der Waals surface area contributed by atoms with Crippen molar-refractivity contribution < 1.29 is 13.2 Å². The number of anilines is 1. The Morgan fingerprint density at radius 3 is 2.46 bits per heavy atom. The number of carbonyl (C=O) groups is 1. The standard InChI is InChI=1S/C20H19N3O3S2/c24-19(18-13-21-20(27-18)15-4-2-1-3-5-15)23-16-8-10-17(11-9-16)28(25,26)22-12-14-6-7-14/h1-5,8-11,13-14,22H,6-7,12H2,(H,23,24). The molecule has 2 aromatic carbocycles. The topological polar surface area (TPSA) is 88.2 Å². The number of aromatic nitrogens is 1. The Morgan fingerprint density at radius 1 is 1.07 bits per heavy atom. The van der Waals surface area contributed by atoms with Gasteiger partial charge in [0.25, 0.3) is 5.91 Å². The van der Waals surface area contributed by atoms with Crippen LogP contribution in [0.3, 0.4) is 0 Å². The molecule has 1 aliphatic carbocycles. The fraction of sp³-hybridized carbons (Fsp3) is 0.200. The number of nitrogens with zero attached hydrogens (tertiary/aromatic N) is 1. The molecule has 0 saturated heterocycles. The summed E-state index contributed by atoms with van der Waals surface area (Å²) in [5.41, 5.74) is 1.49. The molecule has 0 radical (unpaired) electrons. The van der Waals surface area contributed by atoms with Gasteiger partial charge in [-0.05, 0) is 43.0 Å². The number of rotatable bonds is 7. The molecule has 1 aromatic heterocycles. The molecule has 144 valence electrons. The first-order valence-electron chi connectivity index (χ1n) is 8.93. The predicted molar refractivity (Wildman–Crippen MR) is 110 cm³/mol. The molecule has 0 atom stereocenters. The first kappa shape index (κ1) is 18.8. The average Bonchev–Trinajstić information content (AvgIpc) is 3.41. The maximum Gasteiger partial charge on any atom is 0.267 e. The van der Waals surface area contributed by atoms with Gasteiger partial charge in [0.2, 0.25) is 10.0 Å². The highest BCUT2D eigenvalue weighted by Crippen LogP contribution is 2.28. The Kier molecular flexibility index (Phi) is 5.25. The van der Waals surface area contributed by atoms with Crippen LogP contribution in [-0.4, -0.2) is 25.9 Å². The zero-order chi connectivity index (χ0) is 19.6. The Hall–Kier alpha value is -2.55. The fourth-order valence-corrected chi connectivity index (χ4v) is 4.57. The van der Waals surface area contributed by atoms with E-state index in [2.05, 4.69) is 15.0 Å². The van der Waals surface area contributed by atoms with Gasteiger partial charge in [-0.15, -0.1) is 11.3 Å². The van der Waals surface area contributed by atoms with Gasteiger partial charge in [-0.3, -0.25) is 4.79 Å². The molecular weight excluding hydrogens is 394 g/mol. The molecule has 3 aromatic rings. The highest BCUT2D eigenvalue weighted by molar-refractivity contribution is 7.89. The van der Waals surface area contributed by atoms with Crippen molar-refractivity contribution in [2.24, 2.45) is 5.92 Å². The van der Waals surface area contributed by atoms with Gasteiger partial charge in [-0.2, -0.15) is 0 Å². The number of benzene rings is 2. The third kappa shape index (κ3) is 4.46. The van der Waals surface area contributed by atoms with Gasteiger partial charge in [-0.25, -0.2) is 18.1 Å². The Balaban J connectivity index is 1.41. The first-order valence-corrected chi connectivity index (χ1v) is 11.2. The molecule has 28 heavy (non-hydrogen) atoms. The van der Waals surface area contributed by atoms with E-state index in [1.54, 1.807) is 18.3 Å². The minimum atomic E-state index is -3.51. The first-order chi connectivity index (χ1) is 13.5. The third-order valence-electron chi connectivity index (χ3n) is 4.43. The fourth-order valence-electron chi connectivity index (χ4n) is 2.64. The van der Waals surface area contributed by atoms with Gasteiger partial charge in [0.15, 0.2) is 0 Å². The maximum absolute atomic E-state index is 12.5. The molecule has 1 saturated carbocycles. The van der Waals surface area contributed by atoms with E-state index >= 15 is 0 Å². The highest BCUT2D eigenvalue weighted by Gasteiger charge is 2.24. The van der Waals surface area contributed by atoms with Crippen LogP contribution in [0.15, 0.2) is 65.7 Å². The van der Waals surface area contributed by atoms with E-state index in [9.17, 15) is 13.2 Å². The normalized spacial score (nSPS) is 14.0. The average molecular weight is 414 g/mol. The van der Waals surface area contributed by atoms with Crippen molar-refractivity contribution in [2.45, 2.75) is 17.7 Å². The number of hydrogen-bond donors (Lipinski definition) is 2. The van der Waals surface area contributed by atoms with Crippen LogP contribution >= 0.6 is 11.3 Å². The van der Waals surface area contributed by atoms with Crippen molar-refractivity contribution in [2.75, 3.05) is 11.9 Å². The van der Waals surface area contributed by atoms with Crippen molar-refractivity contribution in [3.63, 3.8) is 0 Å². The third-order valence-corrected chi connectivity index (χ3v) is 6.92. The van der Waals surface area contributed by atoms with Crippen molar-refractivity contribution in [3.05, 3.63) is 65.7 Å². The van der Waals surface area contributed by atoms with Gasteiger partial charge in [0, 0.05) is 17.8 Å². The monoisotopic (exact) mass is 413 g/mol. The van der Waals surface area contributed by atoms with Crippen LogP contribution in [0.4, 0.5) is 5.69 Å². The van der Waals surface area contributed by atoms with Gasteiger partial charge >= 0.3 is 0 Å². The van der Waals surface area contributed by atoms with E-state index in [1.807, 2.05) is 30.3 Å². The molecular formula is C20H19N3O3S2. The number of thiazole rings is 1. The smallest absolute Gasteiger partial charge is 0.267 e. The molecule has 1 fully saturated rings. The van der Waals surface area contributed by atoms with E-state index in [4.69, 9.17) is 0 Å². The summed E-state index contributed by atoms with van der Waals surface area (Å²) in [5, 5.41) is 3.55. The Labute approximate surface area is 167 Å². The number of carbonyl (C=O) groups excluding carboxylic acids is 1. The molecule has 4 rings (SSSR count). The molecule has 1 amide bonds. The molecule has 0 bridgehead atoms. The molecule has 1 aliphatic rings. The van der Waals surface area contributed by atoms with Crippen LogP contribution in [0.2, 0.25) is 0 Å². The second-order valence-corrected chi connectivity index (χ2v) is 9.47. The number of sulfonamides is 1. The van der Waals surface area contributed by atoms with Crippen LogP contribution in [0.5, 0.6) is 0 Å². The van der Waals surface area contributed by atoms with E-state index in [-0.39, 0.29) is 10.8 Å². The minimum Gasteiger partial charge on any atom is -0.321 e. The summed E-state index contributed by atoms with van der Waals surface area (Å²) in [6.07, 6.45) is 3.71. The SMILES string of the molecule is O=C(Nc1ccc(S(=O)(=O)NCC2CC2)cc1)c1cnc(-c2ccccc2)s1. The summed E-state index contributed by atoms with van der Waals surface area (Å²) in [6.45, 7) is 0.482. The Bertz CT molecular complexity index is 1070. The zero-order valence-electron chi connectivity index (χ0n) is 15.0. The van der Waals surface area contributed by atoms with Crippen LogP contribution in [-0.2, 0) is 10.0 Å². The summed E-state index contributed by atoms with van der Waals surface area (Å²) >= 11 is 1.31. The summed E-state index contributed by atoms with van der Waals surface area (Å²) in [7, 11) is -3.51. The molecule has 6 nitrogen and oxygen atoms in total. The lowest BCUT2D eigenvalue weighted by Crippen LogP contribution is -2.25. The summed E-state index contributed by atoms with van der Waals surface area (Å²) in [6, 6.07) is 15.8. The lowest BCUT2D eigenvalue weighted by Gasteiger charge is -2.08. The molecule has 0 aliphatic heterocycles. The van der Waals surface area contributed by atoms with Crippen LogP contribution in [0, 0.1) is 5.92 Å². The number of amides is 1. The molecule has 1 heterocycles. The summed E-state index contributed by atoms with van der Waals surface area (Å²) < 4.78 is 27.1. The van der Waals surface area contributed by atoms with Gasteiger partial charge in [-0.1, -0.05) is 30.3 Å². The minimum absolute atomic E-state index is 0.190. The van der Waals surface area contributed by atoms with E-state index in [0.717, 1.165) is 23.4 Å². The highest BCUT2D eigenvalue weighted by atomic mass is 32.2. The van der Waals surface area contributed by atoms with Crippen LogP contribution < -0.4 is 10.0 Å². The summed E-state index contributed by atoms with van der Waals surface area (Å²) in [5.74, 6) is 0.190. The lowest BCUT2D eigenvalue weighted by molar-refractivity contribution is 0.103. The van der Waals surface area contributed by atoms with Crippen LogP contribution in [0.25, 0.3) is 10.6 Å². The van der Waals surface area contributed by atoms with Crippen molar-refractivity contribution in [3.8, 4) is 10.6 Å². The quantitative estimate of drug-likeness (QED) is 0.617. The van der Waals surface area contributed by atoms with E-state index < -0.39 is 10.0 Å². The van der Waals surface area contributed by atoms with Gasteiger partial charge in [0.05, 0.1) is 11.1 Å². The van der Waals surface area contributed by atoms with Crippen molar-refractivity contribution in [1.29, 1.82) is 0 Å². The van der Waals surface area contributed by atoms with Crippen LogP contribution in [0.1, 0.15) is 22.5 Å². The maximum atomic E-state index is 12.5. The second kappa shape index (κ2) is 7.83. The summed E-state index contributed by atoms with van der Waals surface area (Å²) in [4.78, 5) is 17.4. The van der Waals surface area contributed by atoms with E-state index in [1.165, 1.54) is 23.5 Å². The van der Waals surface area contributed by atoms with E-state index in [0.29, 0.717) is 23.0 Å². The zero-order valence-corrected chi connectivity index (χ0v) is 16.6. The lowest BCUT2D eigenvalue weighted by atomic mass is 10.2. The molecule has 8 heteroatoms. The number of hydrogen-bond acceptors (Lipinski definition) is 5. The Morgan fingerprint density at radius 2 is 1.79 bits per heavy atom. The van der Waals surface area contributed by atoms with Gasteiger partial charge in [0.1, 0.15) is 9.88 Å². The molecule has 0 unspecified atom stereocenters. The van der Waals surface area contributed by atoms with Gasteiger partial charge < -0.3 is 5.32 Å².